The number of hydrogen-bond donors (Lipinski definition) is 2. The van der Waals surface area contributed by atoms with E-state index in [1.54, 1.807) is 12.1 Å². The first-order chi connectivity index (χ1) is 10.7. The van der Waals surface area contributed by atoms with Crippen molar-refractivity contribution < 1.29 is 4.79 Å². The monoisotopic (exact) mass is 296 g/mol. The van der Waals surface area contributed by atoms with E-state index in [0.717, 1.165) is 18.5 Å². The van der Waals surface area contributed by atoms with Gasteiger partial charge < -0.3 is 10.6 Å². The van der Waals surface area contributed by atoms with Crippen molar-refractivity contribution in [2.24, 2.45) is 0 Å². The van der Waals surface area contributed by atoms with Crippen LogP contribution in [0.4, 0.5) is 5.82 Å². The fraction of sp³-hybridized carbons (Fsp3) is 0.235. The van der Waals surface area contributed by atoms with Gasteiger partial charge in [-0.05, 0) is 6.42 Å². The summed E-state index contributed by atoms with van der Waals surface area (Å²) in [5.74, 6) is 0.948. The van der Waals surface area contributed by atoms with Crippen LogP contribution in [0, 0.1) is 0 Å². The quantitative estimate of drug-likeness (QED) is 0.771. The highest BCUT2D eigenvalue weighted by atomic mass is 16.1. The van der Waals surface area contributed by atoms with Gasteiger partial charge in [0.15, 0.2) is 5.82 Å². The highest BCUT2D eigenvalue weighted by Gasteiger charge is 2.12. The Bertz CT molecular complexity index is 640. The molecule has 1 aromatic heterocycles. The van der Waals surface area contributed by atoms with Gasteiger partial charge in [-0.1, -0.05) is 43.3 Å². The van der Waals surface area contributed by atoms with Gasteiger partial charge in [0.2, 0.25) is 0 Å². The molecule has 1 heterocycles. The van der Waals surface area contributed by atoms with Gasteiger partial charge in [-0.25, -0.2) is 9.97 Å². The third-order valence-electron chi connectivity index (χ3n) is 2.95. The molecule has 2 aromatic rings. The normalized spacial score (nSPS) is 10.0. The van der Waals surface area contributed by atoms with Crippen molar-refractivity contribution in [3.05, 3.63) is 54.7 Å². The van der Waals surface area contributed by atoms with Crippen LogP contribution in [0.25, 0.3) is 11.4 Å². The summed E-state index contributed by atoms with van der Waals surface area (Å²) < 4.78 is 0. The molecule has 0 atom stereocenters. The van der Waals surface area contributed by atoms with Gasteiger partial charge in [-0.2, -0.15) is 0 Å². The van der Waals surface area contributed by atoms with E-state index in [-0.39, 0.29) is 5.91 Å². The molecule has 114 valence electrons. The van der Waals surface area contributed by atoms with Crippen molar-refractivity contribution in [1.82, 2.24) is 15.3 Å². The van der Waals surface area contributed by atoms with E-state index in [4.69, 9.17) is 0 Å². The number of rotatable bonds is 7. The summed E-state index contributed by atoms with van der Waals surface area (Å²) in [6, 6.07) is 11.3. The Hall–Kier alpha value is -2.69. The average Bonchev–Trinajstić information content (AvgIpc) is 2.58. The maximum Gasteiger partial charge on any atom is 0.270 e. The number of carbonyl (C=O) groups excluding carboxylic acids is 1. The fourth-order valence-electron chi connectivity index (χ4n) is 1.88. The summed E-state index contributed by atoms with van der Waals surface area (Å²) in [6.07, 6.45) is 2.61. The molecule has 1 aromatic carbocycles. The molecule has 0 radical (unpaired) electrons. The molecule has 22 heavy (non-hydrogen) atoms. The van der Waals surface area contributed by atoms with Crippen LogP contribution in [0.1, 0.15) is 23.8 Å². The van der Waals surface area contributed by atoms with Gasteiger partial charge in [0.25, 0.3) is 5.91 Å². The first-order valence-electron chi connectivity index (χ1n) is 7.32. The van der Waals surface area contributed by atoms with Gasteiger partial charge in [-0.3, -0.25) is 4.79 Å². The van der Waals surface area contributed by atoms with E-state index in [0.29, 0.717) is 23.9 Å². The van der Waals surface area contributed by atoms with Crippen LogP contribution in [-0.2, 0) is 0 Å². The summed E-state index contributed by atoms with van der Waals surface area (Å²) in [5.41, 5.74) is 1.22. The minimum atomic E-state index is -0.237. The van der Waals surface area contributed by atoms with Gasteiger partial charge in [0.1, 0.15) is 11.5 Å². The lowest BCUT2D eigenvalue weighted by Crippen LogP contribution is -2.24. The Kier molecular flexibility index (Phi) is 5.65. The number of hydrogen-bond acceptors (Lipinski definition) is 4. The second kappa shape index (κ2) is 7.93. The van der Waals surface area contributed by atoms with E-state index >= 15 is 0 Å². The zero-order valence-electron chi connectivity index (χ0n) is 12.7. The number of anilines is 1. The van der Waals surface area contributed by atoms with E-state index in [9.17, 15) is 4.79 Å². The number of nitrogens with one attached hydrogen (secondary N) is 2. The zero-order chi connectivity index (χ0) is 15.8. The summed E-state index contributed by atoms with van der Waals surface area (Å²) in [5, 5.41) is 5.94. The molecule has 0 unspecified atom stereocenters. The smallest absolute Gasteiger partial charge is 0.270 e. The SMILES string of the molecule is C=CCNC(=O)c1cc(NCCC)nc(-c2ccccc2)n1. The molecule has 1 amide bonds. The molecule has 0 spiro atoms. The van der Waals surface area contributed by atoms with Crippen molar-refractivity contribution in [2.75, 3.05) is 18.4 Å². The minimum absolute atomic E-state index is 0.237. The van der Waals surface area contributed by atoms with Crippen LogP contribution in [0.15, 0.2) is 49.1 Å². The minimum Gasteiger partial charge on any atom is -0.370 e. The van der Waals surface area contributed by atoms with E-state index in [1.165, 1.54) is 0 Å². The molecule has 0 fully saturated rings. The summed E-state index contributed by atoms with van der Waals surface area (Å²) in [4.78, 5) is 21.0. The zero-order valence-corrected chi connectivity index (χ0v) is 12.7. The van der Waals surface area contributed by atoms with Gasteiger partial charge in [-0.15, -0.1) is 6.58 Å². The number of nitrogens with zero attached hydrogens (tertiary/aromatic N) is 2. The lowest BCUT2D eigenvalue weighted by molar-refractivity contribution is 0.0953. The third kappa shape index (κ3) is 4.15. The molecule has 0 aliphatic carbocycles. The van der Waals surface area contributed by atoms with Crippen molar-refractivity contribution in [3.8, 4) is 11.4 Å². The number of carbonyl (C=O) groups is 1. The topological polar surface area (TPSA) is 66.9 Å². The maximum atomic E-state index is 12.1. The van der Waals surface area contributed by atoms with Crippen molar-refractivity contribution in [3.63, 3.8) is 0 Å². The predicted molar refractivity (Wildman–Crippen MR) is 88.8 cm³/mol. The average molecular weight is 296 g/mol. The Morgan fingerprint density at radius 3 is 2.73 bits per heavy atom. The molecule has 5 heteroatoms. The number of aromatic nitrogens is 2. The molecule has 0 saturated heterocycles. The summed E-state index contributed by atoms with van der Waals surface area (Å²) >= 11 is 0. The predicted octanol–water partition coefficient (Wildman–Crippen LogP) is 2.88. The highest BCUT2D eigenvalue weighted by molar-refractivity contribution is 5.93. The van der Waals surface area contributed by atoms with Crippen molar-refractivity contribution >= 4 is 11.7 Å². The van der Waals surface area contributed by atoms with E-state index < -0.39 is 0 Å². The molecule has 2 rings (SSSR count). The third-order valence-corrected chi connectivity index (χ3v) is 2.95. The van der Waals surface area contributed by atoms with Crippen LogP contribution in [0.3, 0.4) is 0 Å². The van der Waals surface area contributed by atoms with Crippen LogP contribution in [0.5, 0.6) is 0 Å². The fourth-order valence-corrected chi connectivity index (χ4v) is 1.88. The molecule has 5 nitrogen and oxygen atoms in total. The van der Waals surface area contributed by atoms with Crippen molar-refractivity contribution in [2.45, 2.75) is 13.3 Å². The van der Waals surface area contributed by atoms with Gasteiger partial charge in [0.05, 0.1) is 0 Å². The molecule has 0 saturated carbocycles. The van der Waals surface area contributed by atoms with Crippen LogP contribution in [0.2, 0.25) is 0 Å². The highest BCUT2D eigenvalue weighted by Crippen LogP contribution is 2.17. The van der Waals surface area contributed by atoms with E-state index in [1.807, 2.05) is 30.3 Å². The molecule has 0 aliphatic rings. The summed E-state index contributed by atoms with van der Waals surface area (Å²) in [7, 11) is 0. The first-order valence-corrected chi connectivity index (χ1v) is 7.32. The first kappa shape index (κ1) is 15.7. The molecule has 0 aliphatic heterocycles. The standard InChI is InChI=1S/C17H20N4O/c1-3-10-18-15-12-14(17(22)19-11-4-2)20-16(21-15)13-8-6-5-7-9-13/h4-9,12H,2-3,10-11H2,1H3,(H,19,22)(H,18,20,21). The van der Waals surface area contributed by atoms with Crippen molar-refractivity contribution in [1.29, 1.82) is 0 Å². The van der Waals surface area contributed by atoms with Crippen LogP contribution < -0.4 is 10.6 Å². The lowest BCUT2D eigenvalue weighted by Gasteiger charge is -2.09. The molecular formula is C17H20N4O. The Morgan fingerprint density at radius 2 is 2.05 bits per heavy atom. The second-order valence-corrected chi connectivity index (χ2v) is 4.75. The van der Waals surface area contributed by atoms with Gasteiger partial charge >= 0.3 is 0 Å². The Balaban J connectivity index is 2.36. The Morgan fingerprint density at radius 1 is 1.27 bits per heavy atom. The van der Waals surface area contributed by atoms with Crippen LogP contribution in [-0.4, -0.2) is 29.0 Å². The van der Waals surface area contributed by atoms with Crippen LogP contribution >= 0.6 is 0 Å². The largest absolute Gasteiger partial charge is 0.370 e. The lowest BCUT2D eigenvalue weighted by atomic mass is 10.2. The Labute approximate surface area is 130 Å². The van der Waals surface area contributed by atoms with E-state index in [2.05, 4.69) is 34.1 Å². The molecule has 0 bridgehead atoms. The number of benzene rings is 1. The molecule has 2 N–H and O–H groups in total. The molecular weight excluding hydrogens is 276 g/mol. The second-order valence-electron chi connectivity index (χ2n) is 4.75. The number of amides is 1. The maximum absolute atomic E-state index is 12.1. The summed E-state index contributed by atoms with van der Waals surface area (Å²) in [6.45, 7) is 6.86. The van der Waals surface area contributed by atoms with Gasteiger partial charge in [0, 0.05) is 24.7 Å².